The molecule has 3 amide bonds. The van der Waals surface area contributed by atoms with Gasteiger partial charge >= 0.3 is 0 Å². The second-order valence-electron chi connectivity index (χ2n) is 15.3. The number of hydrogen-bond acceptors (Lipinski definition) is 11. The van der Waals surface area contributed by atoms with Gasteiger partial charge in [0.2, 0.25) is 11.8 Å². The maximum Gasteiger partial charge on any atom is 0.257 e. The summed E-state index contributed by atoms with van der Waals surface area (Å²) in [6.45, 7) is 3.70. The van der Waals surface area contributed by atoms with Gasteiger partial charge in [0.15, 0.2) is 6.23 Å². The number of carbonyl (C=O) groups is 3. The number of aromatic nitrogens is 1. The quantitative estimate of drug-likeness (QED) is 0.118. The zero-order valence-corrected chi connectivity index (χ0v) is 32.3. The first-order valence-corrected chi connectivity index (χ1v) is 20.3. The van der Waals surface area contributed by atoms with Gasteiger partial charge in [-0.1, -0.05) is 0 Å². The highest BCUT2D eigenvalue weighted by atomic mass is 32.1. The number of likely N-dealkylation sites (tertiary alicyclic amines) is 1. The molecule has 1 aromatic heterocycles. The van der Waals surface area contributed by atoms with Crippen LogP contribution in [-0.4, -0.2) is 102 Å². The molecule has 0 spiro atoms. The number of anilines is 1. The molecule has 8 rings (SSSR count). The maximum absolute atomic E-state index is 13.0. The van der Waals surface area contributed by atoms with E-state index >= 15 is 0 Å². The number of imide groups is 1. The Morgan fingerprint density at radius 2 is 1.67 bits per heavy atom. The Labute approximate surface area is 325 Å². The normalized spacial score (nSPS) is 23.1. The van der Waals surface area contributed by atoms with Crippen LogP contribution in [-0.2, 0) is 14.3 Å². The summed E-state index contributed by atoms with van der Waals surface area (Å²) in [5.41, 5.74) is 4.07. The van der Waals surface area contributed by atoms with Crippen LogP contribution in [0.15, 0.2) is 60.7 Å². The number of piperidine rings is 2. The van der Waals surface area contributed by atoms with E-state index in [-0.39, 0.29) is 31.0 Å². The zero-order valence-electron chi connectivity index (χ0n) is 31.4. The lowest BCUT2D eigenvalue weighted by Crippen LogP contribution is -2.53. The Bertz CT molecular complexity index is 2020. The average Bonchev–Trinajstić information content (AvgIpc) is 3.70. The van der Waals surface area contributed by atoms with Gasteiger partial charge in [0.05, 0.1) is 29.0 Å². The lowest BCUT2D eigenvalue weighted by Gasteiger charge is -2.40. The molecule has 3 aliphatic heterocycles. The molecule has 55 heavy (non-hydrogen) atoms. The van der Waals surface area contributed by atoms with Crippen LogP contribution in [0.25, 0.3) is 20.8 Å². The Morgan fingerprint density at radius 1 is 0.891 bits per heavy atom. The standard InChI is InChI=1S/C42H49N5O7S/c1-45(2)27-8-6-26(7-9-27)40-43-35-13-11-30(25-37(35)55-40)54-32-22-31(23-32)53-28-16-19-46(20-17-28)18-4-3-5-21-52-29-10-12-33-34(24-29)42(51)47(41(33)50)36-14-15-38(48)44-39(36)49/h6-13,24-25,28,31-32,36,42,51H,3-5,14-23H2,1-2H3,(H,44,48,49). The van der Waals surface area contributed by atoms with Crippen LogP contribution in [0.1, 0.15) is 79.9 Å². The number of benzene rings is 3. The lowest BCUT2D eigenvalue weighted by atomic mass is 9.91. The number of aliphatic hydroxyl groups excluding tert-OH is 1. The number of nitrogens with one attached hydrogen (secondary N) is 1. The second-order valence-corrected chi connectivity index (χ2v) is 16.3. The third kappa shape index (κ3) is 8.35. The molecule has 2 unspecified atom stereocenters. The van der Waals surface area contributed by atoms with E-state index in [0.29, 0.717) is 29.6 Å². The number of aliphatic hydroxyl groups is 1. The van der Waals surface area contributed by atoms with E-state index in [0.717, 1.165) is 96.0 Å². The molecule has 12 nitrogen and oxygen atoms in total. The van der Waals surface area contributed by atoms with Crippen LogP contribution in [0.3, 0.4) is 0 Å². The summed E-state index contributed by atoms with van der Waals surface area (Å²) in [4.78, 5) is 47.5. The minimum absolute atomic E-state index is 0.131. The SMILES string of the molecule is CN(C)c1ccc(-c2nc3ccc(OC4CC(OC5CCN(CCCCCOc6ccc7c(c6)C(O)N(C6CCC(=O)NC6=O)C7=O)CC5)C4)cc3s2)cc1. The Kier molecular flexibility index (Phi) is 11.1. The van der Waals surface area contributed by atoms with Crippen LogP contribution in [0, 0.1) is 0 Å². The maximum atomic E-state index is 13.0. The van der Waals surface area contributed by atoms with Crippen molar-refractivity contribution >= 4 is 45.0 Å². The van der Waals surface area contributed by atoms with E-state index in [4.69, 9.17) is 19.2 Å². The van der Waals surface area contributed by atoms with Crippen molar-refractivity contribution in [3.8, 4) is 22.1 Å². The lowest BCUT2D eigenvalue weighted by molar-refractivity contribution is -0.139. The molecule has 290 valence electrons. The van der Waals surface area contributed by atoms with Crippen LogP contribution in [0.2, 0.25) is 0 Å². The van der Waals surface area contributed by atoms with Crippen molar-refractivity contribution in [2.45, 2.75) is 88.4 Å². The summed E-state index contributed by atoms with van der Waals surface area (Å²) in [7, 11) is 4.09. The highest BCUT2D eigenvalue weighted by Crippen LogP contribution is 2.38. The molecule has 3 aromatic carbocycles. The third-order valence-corrected chi connectivity index (χ3v) is 12.3. The van der Waals surface area contributed by atoms with Gasteiger partial charge in [-0.05, 0) is 106 Å². The van der Waals surface area contributed by atoms with Crippen molar-refractivity contribution in [2.24, 2.45) is 0 Å². The third-order valence-electron chi connectivity index (χ3n) is 11.2. The Balaban J connectivity index is 0.697. The molecule has 2 N–H and O–H groups in total. The first-order chi connectivity index (χ1) is 26.7. The minimum Gasteiger partial charge on any atom is -0.494 e. The molecular weight excluding hydrogens is 719 g/mol. The van der Waals surface area contributed by atoms with Gasteiger partial charge < -0.3 is 29.1 Å². The van der Waals surface area contributed by atoms with Gasteiger partial charge in [0, 0.05) is 68.8 Å². The number of nitrogens with zero attached hydrogens (tertiary/aromatic N) is 4. The van der Waals surface area contributed by atoms with Crippen LogP contribution in [0.5, 0.6) is 11.5 Å². The molecule has 2 atom stereocenters. The fourth-order valence-corrected chi connectivity index (χ4v) is 8.96. The predicted octanol–water partition coefficient (Wildman–Crippen LogP) is 5.92. The summed E-state index contributed by atoms with van der Waals surface area (Å²) >= 11 is 1.70. The van der Waals surface area contributed by atoms with E-state index in [1.807, 2.05) is 20.2 Å². The number of ether oxygens (including phenoxy) is 3. The monoisotopic (exact) mass is 767 g/mol. The van der Waals surface area contributed by atoms with Crippen LogP contribution >= 0.6 is 11.3 Å². The van der Waals surface area contributed by atoms with Gasteiger partial charge in [-0.15, -0.1) is 11.3 Å². The van der Waals surface area contributed by atoms with E-state index < -0.39 is 24.1 Å². The minimum atomic E-state index is -1.26. The summed E-state index contributed by atoms with van der Waals surface area (Å²) < 4.78 is 19.9. The first kappa shape index (κ1) is 37.4. The summed E-state index contributed by atoms with van der Waals surface area (Å²) in [6, 6.07) is 18.9. The molecular formula is C42H49N5O7S. The number of hydrogen-bond donors (Lipinski definition) is 2. The van der Waals surface area contributed by atoms with Crippen molar-refractivity contribution < 1.29 is 33.7 Å². The number of rotatable bonds is 14. The number of thiazole rings is 1. The molecule has 13 heteroatoms. The van der Waals surface area contributed by atoms with Gasteiger partial charge in [-0.3, -0.25) is 24.6 Å². The fourth-order valence-electron chi connectivity index (χ4n) is 7.96. The molecule has 1 saturated carbocycles. The summed E-state index contributed by atoms with van der Waals surface area (Å²) in [6.07, 6.45) is 6.83. The molecule has 0 radical (unpaired) electrons. The van der Waals surface area contributed by atoms with Crippen LogP contribution < -0.4 is 19.7 Å². The number of fused-ring (bicyclic) bond motifs is 2. The smallest absolute Gasteiger partial charge is 0.257 e. The van der Waals surface area contributed by atoms with Crippen LogP contribution in [0.4, 0.5) is 5.69 Å². The topological polar surface area (TPSA) is 134 Å². The van der Waals surface area contributed by atoms with Crippen molar-refractivity contribution in [1.29, 1.82) is 0 Å². The van der Waals surface area contributed by atoms with Gasteiger partial charge in [0.1, 0.15) is 28.7 Å². The van der Waals surface area contributed by atoms with Crippen molar-refractivity contribution in [3.63, 3.8) is 0 Å². The fraction of sp³-hybridized carbons (Fsp3) is 0.476. The van der Waals surface area contributed by atoms with Crippen molar-refractivity contribution in [3.05, 3.63) is 71.8 Å². The van der Waals surface area contributed by atoms with E-state index in [2.05, 4.69) is 51.5 Å². The Hall–Kier alpha value is -4.56. The Morgan fingerprint density at radius 3 is 2.44 bits per heavy atom. The highest BCUT2D eigenvalue weighted by Gasteiger charge is 2.44. The molecule has 3 fully saturated rings. The zero-order chi connectivity index (χ0) is 38.1. The van der Waals surface area contributed by atoms with E-state index in [1.54, 1.807) is 29.5 Å². The predicted molar refractivity (Wildman–Crippen MR) is 210 cm³/mol. The van der Waals surface area contributed by atoms with E-state index in [9.17, 15) is 19.5 Å². The van der Waals surface area contributed by atoms with E-state index in [1.165, 1.54) is 5.69 Å². The number of unbranched alkanes of at least 4 members (excludes halogenated alkanes) is 2. The first-order valence-electron chi connectivity index (χ1n) is 19.5. The number of carbonyl (C=O) groups excluding carboxylic acids is 3. The molecule has 4 heterocycles. The molecule has 4 aromatic rings. The summed E-state index contributed by atoms with van der Waals surface area (Å²) in [5, 5.41) is 14.2. The molecule has 4 aliphatic rings. The second kappa shape index (κ2) is 16.3. The number of amides is 3. The molecule has 2 saturated heterocycles. The summed E-state index contributed by atoms with van der Waals surface area (Å²) in [5.74, 6) is 0.139. The highest BCUT2D eigenvalue weighted by molar-refractivity contribution is 7.21. The van der Waals surface area contributed by atoms with Crippen molar-refractivity contribution in [1.82, 2.24) is 20.1 Å². The molecule has 1 aliphatic carbocycles. The van der Waals surface area contributed by atoms with Gasteiger partial charge in [0.25, 0.3) is 5.91 Å². The largest absolute Gasteiger partial charge is 0.494 e. The average molecular weight is 768 g/mol. The van der Waals surface area contributed by atoms with Gasteiger partial charge in [-0.2, -0.15) is 0 Å². The van der Waals surface area contributed by atoms with Crippen molar-refractivity contribution in [2.75, 3.05) is 45.2 Å². The van der Waals surface area contributed by atoms with Gasteiger partial charge in [-0.25, -0.2) is 4.98 Å². The molecule has 0 bridgehead atoms.